The van der Waals surface area contributed by atoms with Crippen molar-refractivity contribution in [2.75, 3.05) is 20.1 Å². The Labute approximate surface area is 98.2 Å². The summed E-state index contributed by atoms with van der Waals surface area (Å²) < 4.78 is 0. The number of thiophene rings is 1. The highest BCUT2D eigenvalue weighted by Gasteiger charge is 2.06. The van der Waals surface area contributed by atoms with E-state index in [0.29, 0.717) is 13.1 Å². The van der Waals surface area contributed by atoms with Gasteiger partial charge >= 0.3 is 6.03 Å². The fraction of sp³-hybridized carbons (Fsp3) is 0.300. The van der Waals surface area contributed by atoms with Crippen molar-refractivity contribution < 1.29 is 9.59 Å². The van der Waals surface area contributed by atoms with E-state index >= 15 is 0 Å². The normalized spacial score (nSPS) is 9.81. The van der Waals surface area contributed by atoms with Crippen LogP contribution in [0.15, 0.2) is 17.5 Å². The molecule has 0 aromatic carbocycles. The standard InChI is InChI=1S/C10H14N3O2S/c1-13(10(11)15)5-4-12-9(14)7-8-3-2-6-16-8/h2-3,6-7H,4-5H2,1H3,(H2,11,15)(H,12,14). The Morgan fingerprint density at radius 3 is 2.94 bits per heavy atom. The van der Waals surface area contributed by atoms with E-state index < -0.39 is 6.03 Å². The molecule has 0 aliphatic rings. The van der Waals surface area contributed by atoms with Crippen LogP contribution in [-0.4, -0.2) is 37.0 Å². The molecule has 0 bridgehead atoms. The summed E-state index contributed by atoms with van der Waals surface area (Å²) in [5.41, 5.74) is 5.03. The highest BCUT2D eigenvalue weighted by molar-refractivity contribution is 7.10. The fourth-order valence-corrected chi connectivity index (χ4v) is 1.66. The first-order valence-electron chi connectivity index (χ1n) is 4.76. The quantitative estimate of drug-likeness (QED) is 0.783. The van der Waals surface area contributed by atoms with Gasteiger partial charge in [-0.2, -0.15) is 0 Å². The highest BCUT2D eigenvalue weighted by Crippen LogP contribution is 2.10. The van der Waals surface area contributed by atoms with Crippen molar-refractivity contribution in [3.05, 3.63) is 28.8 Å². The number of urea groups is 1. The van der Waals surface area contributed by atoms with E-state index in [0.717, 1.165) is 4.88 Å². The van der Waals surface area contributed by atoms with E-state index in [4.69, 9.17) is 5.73 Å². The molecule has 0 saturated carbocycles. The summed E-state index contributed by atoms with van der Waals surface area (Å²) in [7, 11) is 1.58. The van der Waals surface area contributed by atoms with Crippen LogP contribution in [0.3, 0.4) is 0 Å². The molecule has 1 rings (SSSR count). The Hall–Kier alpha value is -1.56. The van der Waals surface area contributed by atoms with Crippen molar-refractivity contribution in [2.45, 2.75) is 0 Å². The van der Waals surface area contributed by atoms with Crippen LogP contribution in [0.25, 0.3) is 0 Å². The molecule has 1 heterocycles. The highest BCUT2D eigenvalue weighted by atomic mass is 32.1. The number of rotatable bonds is 5. The van der Waals surface area contributed by atoms with Crippen LogP contribution in [0.5, 0.6) is 0 Å². The van der Waals surface area contributed by atoms with Crippen molar-refractivity contribution in [1.29, 1.82) is 0 Å². The molecule has 0 fully saturated rings. The molecular weight excluding hydrogens is 226 g/mol. The lowest BCUT2D eigenvalue weighted by atomic mass is 10.3. The monoisotopic (exact) mass is 240 g/mol. The van der Waals surface area contributed by atoms with Gasteiger partial charge in [0.2, 0.25) is 5.91 Å². The Morgan fingerprint density at radius 2 is 2.38 bits per heavy atom. The SMILES string of the molecule is CN(CCNC(=O)[CH]c1cccs1)C(N)=O. The van der Waals surface area contributed by atoms with E-state index in [9.17, 15) is 9.59 Å². The maximum Gasteiger partial charge on any atom is 0.314 e. The minimum atomic E-state index is -0.503. The zero-order valence-corrected chi connectivity index (χ0v) is 9.79. The lowest BCUT2D eigenvalue weighted by molar-refractivity contribution is -0.117. The average molecular weight is 240 g/mol. The molecule has 0 aliphatic heterocycles. The van der Waals surface area contributed by atoms with E-state index in [-0.39, 0.29) is 5.91 Å². The van der Waals surface area contributed by atoms with Crippen molar-refractivity contribution in [1.82, 2.24) is 10.2 Å². The number of likely N-dealkylation sites (N-methyl/N-ethyl adjacent to an activating group) is 1. The van der Waals surface area contributed by atoms with Gasteiger partial charge in [0.15, 0.2) is 0 Å². The lowest BCUT2D eigenvalue weighted by Crippen LogP contribution is -2.38. The number of nitrogens with two attached hydrogens (primary N) is 1. The molecule has 1 radical (unpaired) electrons. The van der Waals surface area contributed by atoms with Gasteiger partial charge in [0.25, 0.3) is 0 Å². The molecule has 1 aromatic heterocycles. The maximum absolute atomic E-state index is 11.4. The third-order valence-electron chi connectivity index (χ3n) is 1.94. The van der Waals surface area contributed by atoms with Gasteiger partial charge in [0.1, 0.15) is 0 Å². The fourth-order valence-electron chi connectivity index (χ4n) is 1.01. The van der Waals surface area contributed by atoms with E-state index in [1.807, 2.05) is 17.5 Å². The summed E-state index contributed by atoms with van der Waals surface area (Å²) in [6, 6.07) is 3.24. The molecule has 0 saturated heterocycles. The van der Waals surface area contributed by atoms with E-state index in [2.05, 4.69) is 5.32 Å². The van der Waals surface area contributed by atoms with Crippen molar-refractivity contribution in [2.24, 2.45) is 5.73 Å². The van der Waals surface area contributed by atoms with Crippen LogP contribution in [0.4, 0.5) is 4.79 Å². The number of hydrogen-bond acceptors (Lipinski definition) is 3. The molecule has 87 valence electrons. The molecule has 16 heavy (non-hydrogen) atoms. The third kappa shape index (κ3) is 4.31. The van der Waals surface area contributed by atoms with Crippen LogP contribution in [-0.2, 0) is 4.79 Å². The molecule has 0 spiro atoms. The minimum absolute atomic E-state index is 0.166. The minimum Gasteiger partial charge on any atom is -0.354 e. The number of nitrogens with zero attached hydrogens (tertiary/aromatic N) is 1. The zero-order valence-electron chi connectivity index (χ0n) is 8.97. The maximum atomic E-state index is 11.4. The summed E-state index contributed by atoms with van der Waals surface area (Å²) in [6.45, 7) is 0.791. The number of primary amides is 1. The summed E-state index contributed by atoms with van der Waals surface area (Å²) >= 11 is 1.49. The number of hydrogen-bond donors (Lipinski definition) is 2. The van der Waals surface area contributed by atoms with E-state index in [1.165, 1.54) is 22.7 Å². The van der Waals surface area contributed by atoms with Crippen molar-refractivity contribution in [3.8, 4) is 0 Å². The van der Waals surface area contributed by atoms with Crippen LogP contribution in [0.2, 0.25) is 0 Å². The number of amides is 3. The lowest BCUT2D eigenvalue weighted by Gasteiger charge is -2.13. The first kappa shape index (κ1) is 12.5. The summed E-state index contributed by atoms with van der Waals surface area (Å²) in [5.74, 6) is -0.166. The Bertz CT molecular complexity index is 351. The van der Waals surface area contributed by atoms with Gasteiger partial charge in [-0.05, 0) is 11.4 Å². The van der Waals surface area contributed by atoms with Crippen LogP contribution >= 0.6 is 11.3 Å². The number of carbonyl (C=O) groups excluding carboxylic acids is 2. The molecule has 0 atom stereocenters. The summed E-state index contributed by atoms with van der Waals surface area (Å²) in [4.78, 5) is 24.3. The molecule has 0 unspecified atom stereocenters. The topological polar surface area (TPSA) is 75.4 Å². The smallest absolute Gasteiger partial charge is 0.314 e. The molecule has 1 aromatic rings. The molecular formula is C10H14N3O2S. The van der Waals surface area contributed by atoms with Crippen molar-refractivity contribution in [3.63, 3.8) is 0 Å². The van der Waals surface area contributed by atoms with Gasteiger partial charge in [0, 0.05) is 25.0 Å². The average Bonchev–Trinajstić information content (AvgIpc) is 2.70. The number of carbonyl (C=O) groups is 2. The molecule has 5 nitrogen and oxygen atoms in total. The van der Waals surface area contributed by atoms with Gasteiger partial charge in [-0.25, -0.2) is 4.79 Å². The summed E-state index contributed by atoms with van der Waals surface area (Å²) in [6.07, 6.45) is 1.52. The van der Waals surface area contributed by atoms with Crippen LogP contribution in [0.1, 0.15) is 4.88 Å². The van der Waals surface area contributed by atoms with Gasteiger partial charge in [-0.3, -0.25) is 4.79 Å². The van der Waals surface area contributed by atoms with E-state index in [1.54, 1.807) is 7.05 Å². The van der Waals surface area contributed by atoms with Crippen LogP contribution < -0.4 is 11.1 Å². The van der Waals surface area contributed by atoms with Gasteiger partial charge < -0.3 is 16.0 Å². The number of nitrogens with one attached hydrogen (secondary N) is 1. The third-order valence-corrected chi connectivity index (χ3v) is 2.76. The predicted molar refractivity (Wildman–Crippen MR) is 62.9 cm³/mol. The first-order valence-corrected chi connectivity index (χ1v) is 5.64. The van der Waals surface area contributed by atoms with Crippen molar-refractivity contribution >= 4 is 23.3 Å². The summed E-state index contributed by atoms with van der Waals surface area (Å²) in [5, 5.41) is 4.57. The largest absolute Gasteiger partial charge is 0.354 e. The second-order valence-corrected chi connectivity index (χ2v) is 4.19. The van der Waals surface area contributed by atoms with Gasteiger partial charge in [-0.1, -0.05) is 6.07 Å². The molecule has 0 aliphatic carbocycles. The zero-order chi connectivity index (χ0) is 12.0. The van der Waals surface area contributed by atoms with Crippen LogP contribution in [0, 0.1) is 6.42 Å². The molecule has 3 N–H and O–H groups in total. The Kier molecular flexibility index (Phi) is 4.78. The molecule has 3 amide bonds. The van der Waals surface area contributed by atoms with Gasteiger partial charge in [-0.15, -0.1) is 11.3 Å². The van der Waals surface area contributed by atoms with Gasteiger partial charge in [0.05, 0.1) is 6.42 Å². The second-order valence-electron chi connectivity index (χ2n) is 3.21. The Morgan fingerprint density at radius 1 is 1.62 bits per heavy atom. The predicted octanol–water partition coefficient (Wildman–Crippen LogP) is 0.427. The molecule has 6 heteroatoms. The first-order chi connectivity index (χ1) is 7.59. The second kappa shape index (κ2) is 6.12. The Balaban J connectivity index is 2.18.